The third-order valence-corrected chi connectivity index (χ3v) is 5.04. The Balaban J connectivity index is 1.91. The SMILES string of the molecule is COc1ccc(NC(=O)C2(c3cccc(C)c3)CCCC2)cc1C#N. The summed E-state index contributed by atoms with van der Waals surface area (Å²) in [7, 11) is 1.53. The highest BCUT2D eigenvalue weighted by Gasteiger charge is 2.42. The van der Waals surface area contributed by atoms with Gasteiger partial charge in [-0.2, -0.15) is 5.26 Å². The van der Waals surface area contributed by atoms with Crippen LogP contribution < -0.4 is 10.1 Å². The van der Waals surface area contributed by atoms with Crippen molar-refractivity contribution in [2.75, 3.05) is 12.4 Å². The van der Waals surface area contributed by atoms with Gasteiger partial charge < -0.3 is 10.1 Å². The van der Waals surface area contributed by atoms with E-state index < -0.39 is 5.41 Å². The van der Waals surface area contributed by atoms with Gasteiger partial charge in [0.05, 0.1) is 18.1 Å². The Labute approximate surface area is 148 Å². The highest BCUT2D eigenvalue weighted by atomic mass is 16.5. The molecule has 1 saturated carbocycles. The molecule has 1 fully saturated rings. The van der Waals surface area contributed by atoms with Crippen molar-refractivity contribution in [1.82, 2.24) is 0 Å². The van der Waals surface area contributed by atoms with Gasteiger partial charge in [0.1, 0.15) is 11.8 Å². The molecule has 0 radical (unpaired) electrons. The predicted octanol–water partition coefficient (Wildman–Crippen LogP) is 4.33. The van der Waals surface area contributed by atoms with Crippen molar-refractivity contribution in [3.05, 3.63) is 59.2 Å². The summed E-state index contributed by atoms with van der Waals surface area (Å²) in [5.74, 6) is 0.513. The van der Waals surface area contributed by atoms with Crippen LogP contribution in [0.4, 0.5) is 5.69 Å². The maximum atomic E-state index is 13.2. The summed E-state index contributed by atoms with van der Waals surface area (Å²) in [5, 5.41) is 12.3. The Morgan fingerprint density at radius 3 is 2.60 bits per heavy atom. The molecule has 1 N–H and O–H groups in total. The van der Waals surface area contributed by atoms with Gasteiger partial charge >= 0.3 is 0 Å². The summed E-state index contributed by atoms with van der Waals surface area (Å²) in [4.78, 5) is 13.2. The first kappa shape index (κ1) is 17.0. The first-order valence-corrected chi connectivity index (χ1v) is 8.56. The van der Waals surface area contributed by atoms with Crippen LogP contribution in [-0.4, -0.2) is 13.0 Å². The summed E-state index contributed by atoms with van der Waals surface area (Å²) in [6.07, 6.45) is 3.80. The predicted molar refractivity (Wildman–Crippen MR) is 97.7 cm³/mol. The summed E-state index contributed by atoms with van der Waals surface area (Å²) < 4.78 is 5.16. The smallest absolute Gasteiger partial charge is 0.235 e. The van der Waals surface area contributed by atoms with Crippen molar-refractivity contribution in [3.8, 4) is 11.8 Å². The van der Waals surface area contributed by atoms with Crippen LogP contribution in [0.2, 0.25) is 0 Å². The molecule has 0 atom stereocenters. The van der Waals surface area contributed by atoms with Crippen LogP contribution in [0.25, 0.3) is 0 Å². The van der Waals surface area contributed by atoms with Gasteiger partial charge in [0.2, 0.25) is 5.91 Å². The lowest BCUT2D eigenvalue weighted by Crippen LogP contribution is -2.38. The highest BCUT2D eigenvalue weighted by molar-refractivity contribution is 5.99. The number of carbonyl (C=O) groups excluding carboxylic acids is 1. The molecule has 2 aromatic rings. The second kappa shape index (κ2) is 6.98. The molecule has 3 rings (SSSR count). The van der Waals surface area contributed by atoms with Crippen LogP contribution in [0.15, 0.2) is 42.5 Å². The Morgan fingerprint density at radius 2 is 1.96 bits per heavy atom. The van der Waals surface area contributed by atoms with E-state index in [-0.39, 0.29) is 5.91 Å². The number of benzene rings is 2. The summed E-state index contributed by atoms with van der Waals surface area (Å²) in [5.41, 5.74) is 2.79. The van der Waals surface area contributed by atoms with E-state index in [0.717, 1.165) is 36.8 Å². The van der Waals surface area contributed by atoms with Crippen LogP contribution in [0.3, 0.4) is 0 Å². The minimum absolute atomic E-state index is 0.00431. The van der Waals surface area contributed by atoms with Gasteiger partial charge in [0.25, 0.3) is 0 Å². The number of rotatable bonds is 4. The maximum absolute atomic E-state index is 13.2. The van der Waals surface area contributed by atoms with Gasteiger partial charge in [-0.1, -0.05) is 42.7 Å². The van der Waals surface area contributed by atoms with Gasteiger partial charge in [0.15, 0.2) is 0 Å². The van der Waals surface area contributed by atoms with Crippen LogP contribution in [0.1, 0.15) is 42.4 Å². The lowest BCUT2D eigenvalue weighted by molar-refractivity contribution is -0.121. The standard InChI is InChI=1S/C21H22N2O2/c1-15-6-5-7-17(12-15)21(10-3-4-11-21)20(24)23-18-8-9-19(25-2)16(13-18)14-22/h5-9,12-13H,3-4,10-11H2,1-2H3,(H,23,24). The number of nitrogens with one attached hydrogen (secondary N) is 1. The van der Waals surface area contributed by atoms with Crippen molar-refractivity contribution in [3.63, 3.8) is 0 Å². The third kappa shape index (κ3) is 3.23. The van der Waals surface area contributed by atoms with Crippen LogP contribution in [-0.2, 0) is 10.2 Å². The first-order chi connectivity index (χ1) is 12.1. The van der Waals surface area contributed by atoms with E-state index >= 15 is 0 Å². The average Bonchev–Trinajstić information content (AvgIpc) is 3.13. The summed E-state index contributed by atoms with van der Waals surface area (Å²) >= 11 is 0. The summed E-state index contributed by atoms with van der Waals surface area (Å²) in [6, 6.07) is 15.5. The number of amides is 1. The number of ether oxygens (including phenoxy) is 1. The van der Waals surface area contributed by atoms with Crippen molar-refractivity contribution >= 4 is 11.6 Å². The molecule has 0 heterocycles. The van der Waals surface area contributed by atoms with Gasteiger partial charge in [-0.05, 0) is 43.5 Å². The lowest BCUT2D eigenvalue weighted by atomic mass is 9.77. The number of aryl methyl sites for hydroxylation is 1. The molecule has 2 aromatic carbocycles. The van der Waals surface area contributed by atoms with Gasteiger partial charge in [-0.15, -0.1) is 0 Å². The van der Waals surface area contributed by atoms with E-state index in [0.29, 0.717) is 17.0 Å². The molecular formula is C21H22N2O2. The van der Waals surface area contributed by atoms with E-state index in [4.69, 9.17) is 4.74 Å². The Kier molecular flexibility index (Phi) is 4.76. The molecule has 4 heteroatoms. The number of anilines is 1. The molecule has 0 unspecified atom stereocenters. The van der Waals surface area contributed by atoms with Crippen molar-refractivity contribution in [2.45, 2.75) is 38.0 Å². The molecule has 0 bridgehead atoms. The maximum Gasteiger partial charge on any atom is 0.235 e. The van der Waals surface area contributed by atoms with E-state index in [2.05, 4.69) is 17.5 Å². The molecular weight excluding hydrogens is 312 g/mol. The molecule has 128 valence electrons. The van der Waals surface area contributed by atoms with Crippen LogP contribution in [0.5, 0.6) is 5.75 Å². The van der Waals surface area contributed by atoms with Crippen molar-refractivity contribution in [1.29, 1.82) is 5.26 Å². The number of methoxy groups -OCH3 is 1. The molecule has 1 amide bonds. The first-order valence-electron chi connectivity index (χ1n) is 8.56. The lowest BCUT2D eigenvalue weighted by Gasteiger charge is -2.28. The van der Waals surface area contributed by atoms with Crippen molar-refractivity contribution in [2.24, 2.45) is 0 Å². The number of carbonyl (C=O) groups is 1. The largest absolute Gasteiger partial charge is 0.495 e. The summed E-state index contributed by atoms with van der Waals surface area (Å²) in [6.45, 7) is 2.05. The topological polar surface area (TPSA) is 62.1 Å². The fraction of sp³-hybridized carbons (Fsp3) is 0.333. The molecule has 1 aliphatic rings. The Morgan fingerprint density at radius 1 is 1.20 bits per heavy atom. The number of hydrogen-bond donors (Lipinski definition) is 1. The van der Waals surface area contributed by atoms with E-state index in [1.54, 1.807) is 18.2 Å². The molecule has 4 nitrogen and oxygen atoms in total. The zero-order chi connectivity index (χ0) is 17.9. The molecule has 0 aliphatic heterocycles. The Bertz CT molecular complexity index is 830. The second-order valence-corrected chi connectivity index (χ2v) is 6.64. The minimum Gasteiger partial charge on any atom is -0.495 e. The van der Waals surface area contributed by atoms with E-state index in [9.17, 15) is 10.1 Å². The van der Waals surface area contributed by atoms with Gasteiger partial charge in [-0.3, -0.25) is 4.79 Å². The number of nitrogens with zero attached hydrogens (tertiary/aromatic N) is 1. The molecule has 1 aliphatic carbocycles. The van der Waals surface area contributed by atoms with Gasteiger partial charge in [-0.25, -0.2) is 0 Å². The zero-order valence-electron chi connectivity index (χ0n) is 14.6. The van der Waals surface area contributed by atoms with Crippen LogP contribution in [0, 0.1) is 18.3 Å². The normalized spacial score (nSPS) is 15.4. The minimum atomic E-state index is -0.487. The number of nitriles is 1. The number of hydrogen-bond acceptors (Lipinski definition) is 3. The van der Waals surface area contributed by atoms with E-state index in [1.807, 2.05) is 25.1 Å². The average molecular weight is 334 g/mol. The molecule has 0 saturated heterocycles. The highest BCUT2D eigenvalue weighted by Crippen LogP contribution is 2.42. The molecule has 25 heavy (non-hydrogen) atoms. The van der Waals surface area contributed by atoms with Gasteiger partial charge in [0, 0.05) is 5.69 Å². The zero-order valence-corrected chi connectivity index (χ0v) is 14.6. The fourth-order valence-electron chi connectivity index (χ4n) is 3.69. The molecule has 0 spiro atoms. The van der Waals surface area contributed by atoms with Crippen LogP contribution >= 0.6 is 0 Å². The quantitative estimate of drug-likeness (QED) is 0.905. The van der Waals surface area contributed by atoms with Crippen molar-refractivity contribution < 1.29 is 9.53 Å². The monoisotopic (exact) mass is 334 g/mol. The fourth-order valence-corrected chi connectivity index (χ4v) is 3.69. The third-order valence-electron chi connectivity index (χ3n) is 5.04. The second-order valence-electron chi connectivity index (χ2n) is 6.64. The van der Waals surface area contributed by atoms with E-state index in [1.165, 1.54) is 7.11 Å². The Hall–Kier alpha value is -2.80. The molecule has 0 aromatic heterocycles.